The predicted octanol–water partition coefficient (Wildman–Crippen LogP) is 2.74. The number of rotatable bonds is 3. The lowest BCUT2D eigenvalue weighted by Gasteiger charge is -2.11. The quantitative estimate of drug-likeness (QED) is 0.930. The van der Waals surface area contributed by atoms with E-state index < -0.39 is 11.9 Å². The van der Waals surface area contributed by atoms with Gasteiger partial charge in [0.25, 0.3) is 0 Å². The highest BCUT2D eigenvalue weighted by atomic mass is 19.4. The topological polar surface area (TPSA) is 51.8 Å². The molecule has 0 spiro atoms. The van der Waals surface area contributed by atoms with E-state index in [2.05, 4.69) is 10.2 Å². The average molecular weight is 267 g/mol. The van der Waals surface area contributed by atoms with Gasteiger partial charge in [0.2, 0.25) is 0 Å². The number of halogens is 3. The van der Waals surface area contributed by atoms with Crippen LogP contribution in [0.2, 0.25) is 0 Å². The van der Waals surface area contributed by atoms with Gasteiger partial charge in [-0.25, -0.2) is 0 Å². The van der Waals surface area contributed by atoms with E-state index in [9.17, 15) is 13.2 Å². The highest BCUT2D eigenvalue weighted by Crippen LogP contribution is 2.27. The molecule has 0 aliphatic heterocycles. The van der Waals surface area contributed by atoms with Crippen molar-refractivity contribution in [3.8, 4) is 0 Å². The van der Waals surface area contributed by atoms with Gasteiger partial charge < -0.3 is 5.73 Å². The minimum atomic E-state index is -4.47. The first-order valence-electron chi connectivity index (χ1n) is 5.67. The molecule has 3 nitrogen and oxygen atoms in total. The lowest BCUT2D eigenvalue weighted by Crippen LogP contribution is -2.15. The molecule has 1 heterocycles. The van der Waals surface area contributed by atoms with Crippen LogP contribution in [0.4, 0.5) is 13.2 Å². The van der Waals surface area contributed by atoms with Gasteiger partial charge in [0.15, 0.2) is 5.69 Å². The summed E-state index contributed by atoms with van der Waals surface area (Å²) in [6, 6.07) is 11.2. The summed E-state index contributed by atoms with van der Waals surface area (Å²) in [4.78, 5) is 0. The fourth-order valence-electron chi connectivity index (χ4n) is 1.66. The van der Waals surface area contributed by atoms with Crippen molar-refractivity contribution in [3.05, 3.63) is 59.4 Å². The molecule has 19 heavy (non-hydrogen) atoms. The Kier molecular flexibility index (Phi) is 3.80. The molecule has 0 amide bonds. The van der Waals surface area contributed by atoms with E-state index in [0.717, 1.165) is 11.6 Å². The van der Waals surface area contributed by atoms with Crippen LogP contribution in [0.5, 0.6) is 0 Å². The number of hydrogen-bond acceptors (Lipinski definition) is 3. The Hall–Kier alpha value is -1.95. The van der Waals surface area contributed by atoms with Gasteiger partial charge in [0.1, 0.15) is 0 Å². The third-order valence-electron chi connectivity index (χ3n) is 2.67. The molecule has 1 unspecified atom stereocenters. The van der Waals surface area contributed by atoms with Crippen molar-refractivity contribution in [2.24, 2.45) is 5.73 Å². The molecule has 0 fully saturated rings. The van der Waals surface area contributed by atoms with Crippen LogP contribution >= 0.6 is 0 Å². The summed E-state index contributed by atoms with van der Waals surface area (Å²) >= 11 is 0. The molecule has 2 N–H and O–H groups in total. The van der Waals surface area contributed by atoms with Crippen LogP contribution in [0.15, 0.2) is 42.5 Å². The van der Waals surface area contributed by atoms with E-state index in [1.807, 2.05) is 30.3 Å². The van der Waals surface area contributed by atoms with Crippen LogP contribution < -0.4 is 5.73 Å². The number of aromatic nitrogens is 2. The Morgan fingerprint density at radius 2 is 1.68 bits per heavy atom. The number of alkyl halides is 3. The molecule has 0 radical (unpaired) electrons. The van der Waals surface area contributed by atoms with Gasteiger partial charge in [-0.15, -0.1) is 5.10 Å². The fraction of sp³-hybridized carbons (Fsp3) is 0.231. The molecule has 1 atom stereocenters. The maximum atomic E-state index is 12.3. The van der Waals surface area contributed by atoms with Crippen LogP contribution in [0.1, 0.15) is 23.0 Å². The molecular formula is C13H12F3N3. The molecule has 0 saturated carbocycles. The second-order valence-corrected chi connectivity index (χ2v) is 4.13. The van der Waals surface area contributed by atoms with Crippen molar-refractivity contribution in [1.82, 2.24) is 10.2 Å². The zero-order valence-electron chi connectivity index (χ0n) is 9.93. The summed E-state index contributed by atoms with van der Waals surface area (Å²) in [6.07, 6.45) is -4.12. The van der Waals surface area contributed by atoms with Gasteiger partial charge in [-0.05, 0) is 17.7 Å². The summed E-state index contributed by atoms with van der Waals surface area (Å²) in [7, 11) is 0. The van der Waals surface area contributed by atoms with E-state index in [-0.39, 0.29) is 6.04 Å². The van der Waals surface area contributed by atoms with Crippen LogP contribution in [0, 0.1) is 0 Å². The highest BCUT2D eigenvalue weighted by molar-refractivity contribution is 5.20. The van der Waals surface area contributed by atoms with Crippen molar-refractivity contribution < 1.29 is 13.2 Å². The van der Waals surface area contributed by atoms with Crippen molar-refractivity contribution in [2.75, 3.05) is 0 Å². The van der Waals surface area contributed by atoms with Crippen molar-refractivity contribution >= 4 is 0 Å². The third kappa shape index (κ3) is 3.51. The molecule has 0 bridgehead atoms. The summed E-state index contributed by atoms with van der Waals surface area (Å²) in [5.41, 5.74) is 6.31. The maximum absolute atomic E-state index is 12.3. The SMILES string of the molecule is NC(Cc1ccc(C(F)(F)F)nn1)c1ccccc1. The number of nitrogens with two attached hydrogens (primary N) is 1. The van der Waals surface area contributed by atoms with Gasteiger partial charge >= 0.3 is 6.18 Å². The first-order valence-corrected chi connectivity index (χ1v) is 5.67. The third-order valence-corrected chi connectivity index (χ3v) is 2.67. The molecule has 0 aliphatic carbocycles. The largest absolute Gasteiger partial charge is 0.435 e. The lowest BCUT2D eigenvalue weighted by atomic mass is 10.0. The first-order chi connectivity index (χ1) is 8.97. The maximum Gasteiger partial charge on any atom is 0.435 e. The monoisotopic (exact) mass is 267 g/mol. The molecule has 100 valence electrons. The molecule has 0 saturated heterocycles. The van der Waals surface area contributed by atoms with Crippen LogP contribution in [-0.4, -0.2) is 10.2 Å². The normalized spacial score (nSPS) is 13.3. The number of benzene rings is 1. The predicted molar refractivity (Wildman–Crippen MR) is 64.1 cm³/mol. The lowest BCUT2D eigenvalue weighted by molar-refractivity contribution is -0.141. The van der Waals surface area contributed by atoms with Gasteiger partial charge in [0, 0.05) is 12.5 Å². The highest BCUT2D eigenvalue weighted by Gasteiger charge is 2.32. The van der Waals surface area contributed by atoms with Gasteiger partial charge in [-0.2, -0.15) is 18.3 Å². The first kappa shape index (κ1) is 13.5. The summed E-state index contributed by atoms with van der Waals surface area (Å²) in [6.45, 7) is 0. The smallest absolute Gasteiger partial charge is 0.324 e. The Labute approximate surface area is 108 Å². The van der Waals surface area contributed by atoms with E-state index in [1.165, 1.54) is 6.07 Å². The van der Waals surface area contributed by atoms with Crippen molar-refractivity contribution in [2.45, 2.75) is 18.6 Å². The molecule has 1 aromatic heterocycles. The zero-order valence-corrected chi connectivity index (χ0v) is 9.93. The summed E-state index contributed by atoms with van der Waals surface area (Å²) in [5, 5.41) is 6.73. The van der Waals surface area contributed by atoms with Crippen molar-refractivity contribution in [3.63, 3.8) is 0 Å². The Morgan fingerprint density at radius 3 is 2.21 bits per heavy atom. The zero-order chi connectivity index (χ0) is 13.9. The summed E-state index contributed by atoms with van der Waals surface area (Å²) < 4.78 is 37.0. The minimum absolute atomic E-state index is 0.313. The molecular weight excluding hydrogens is 255 g/mol. The standard InChI is InChI=1S/C13H12F3N3/c14-13(15,16)12-7-6-10(18-19-12)8-11(17)9-4-2-1-3-5-9/h1-7,11H,8,17H2. The Bertz CT molecular complexity index is 523. The molecule has 6 heteroatoms. The van der Waals surface area contributed by atoms with E-state index in [1.54, 1.807) is 0 Å². The molecule has 0 aliphatic rings. The molecule has 1 aromatic carbocycles. The Morgan fingerprint density at radius 1 is 1.00 bits per heavy atom. The van der Waals surface area contributed by atoms with Gasteiger partial charge in [0.05, 0.1) is 5.69 Å². The second-order valence-electron chi connectivity index (χ2n) is 4.13. The molecule has 2 rings (SSSR count). The van der Waals surface area contributed by atoms with E-state index in [4.69, 9.17) is 5.73 Å². The summed E-state index contributed by atoms with van der Waals surface area (Å²) in [5.74, 6) is 0. The van der Waals surface area contributed by atoms with E-state index >= 15 is 0 Å². The van der Waals surface area contributed by atoms with Crippen LogP contribution in [-0.2, 0) is 12.6 Å². The van der Waals surface area contributed by atoms with Gasteiger partial charge in [-0.3, -0.25) is 0 Å². The number of nitrogens with zero attached hydrogens (tertiary/aromatic N) is 2. The second kappa shape index (κ2) is 5.36. The average Bonchev–Trinajstić information content (AvgIpc) is 2.39. The fourth-order valence-corrected chi connectivity index (χ4v) is 1.66. The Balaban J connectivity index is 2.08. The van der Waals surface area contributed by atoms with Gasteiger partial charge in [-0.1, -0.05) is 30.3 Å². The van der Waals surface area contributed by atoms with Crippen LogP contribution in [0.3, 0.4) is 0 Å². The van der Waals surface area contributed by atoms with Crippen LogP contribution in [0.25, 0.3) is 0 Å². The molecule has 2 aromatic rings. The number of hydrogen-bond donors (Lipinski definition) is 1. The van der Waals surface area contributed by atoms with Crippen molar-refractivity contribution in [1.29, 1.82) is 0 Å². The van der Waals surface area contributed by atoms with E-state index in [0.29, 0.717) is 12.1 Å². The minimum Gasteiger partial charge on any atom is -0.324 e.